The molecular weight excluding hydrogens is 342 g/mol. The second-order valence-electron chi connectivity index (χ2n) is 6.89. The molecule has 27 heavy (non-hydrogen) atoms. The Labute approximate surface area is 160 Å². The lowest BCUT2D eigenvalue weighted by atomic mass is 10.1. The van der Waals surface area contributed by atoms with Crippen LogP contribution in [0.4, 0.5) is 0 Å². The Morgan fingerprint density at radius 1 is 1.19 bits per heavy atom. The van der Waals surface area contributed by atoms with Crippen LogP contribution >= 0.6 is 0 Å². The van der Waals surface area contributed by atoms with Crippen molar-refractivity contribution in [1.29, 1.82) is 0 Å². The Kier molecular flexibility index (Phi) is 5.69. The standard InChI is InChI=1S/C20H27N5O2/c1-21-20(24-11-13-27-19(15-24)18-8-5-12-26-18)22-14-16-9-10-25(23-16)17-6-3-2-4-7-17/h2-4,6-7,9-10,18-19H,5,8,11-15H2,1H3,(H,21,22). The van der Waals surface area contributed by atoms with Gasteiger partial charge in [-0.25, -0.2) is 4.68 Å². The number of rotatable bonds is 4. The molecular formula is C20H27N5O2. The minimum absolute atomic E-state index is 0.122. The van der Waals surface area contributed by atoms with Gasteiger partial charge in [-0.3, -0.25) is 4.99 Å². The minimum atomic E-state index is 0.122. The van der Waals surface area contributed by atoms with Crippen molar-refractivity contribution < 1.29 is 9.47 Å². The van der Waals surface area contributed by atoms with Gasteiger partial charge in [0.25, 0.3) is 0 Å². The van der Waals surface area contributed by atoms with E-state index in [1.54, 1.807) is 0 Å². The third kappa shape index (κ3) is 4.31. The van der Waals surface area contributed by atoms with Gasteiger partial charge >= 0.3 is 0 Å². The second kappa shape index (κ2) is 8.54. The van der Waals surface area contributed by atoms with Gasteiger partial charge in [-0.1, -0.05) is 18.2 Å². The topological polar surface area (TPSA) is 63.9 Å². The zero-order valence-electron chi connectivity index (χ0n) is 15.8. The minimum Gasteiger partial charge on any atom is -0.375 e. The van der Waals surface area contributed by atoms with E-state index in [0.29, 0.717) is 13.2 Å². The van der Waals surface area contributed by atoms with Gasteiger partial charge in [-0.15, -0.1) is 0 Å². The van der Waals surface area contributed by atoms with E-state index in [1.807, 2.05) is 54.3 Å². The van der Waals surface area contributed by atoms with Gasteiger partial charge in [-0.05, 0) is 31.0 Å². The van der Waals surface area contributed by atoms with E-state index in [-0.39, 0.29) is 12.2 Å². The lowest BCUT2D eigenvalue weighted by molar-refractivity contribution is -0.0817. The Balaban J connectivity index is 1.34. The van der Waals surface area contributed by atoms with Crippen molar-refractivity contribution in [2.75, 3.05) is 33.4 Å². The van der Waals surface area contributed by atoms with E-state index >= 15 is 0 Å². The predicted molar refractivity (Wildman–Crippen MR) is 104 cm³/mol. The van der Waals surface area contributed by atoms with Crippen molar-refractivity contribution >= 4 is 5.96 Å². The van der Waals surface area contributed by atoms with Crippen LogP contribution in [0.5, 0.6) is 0 Å². The third-order valence-corrected chi connectivity index (χ3v) is 5.08. The Morgan fingerprint density at radius 3 is 2.81 bits per heavy atom. The largest absolute Gasteiger partial charge is 0.375 e. The van der Waals surface area contributed by atoms with Crippen LogP contribution in [0.1, 0.15) is 18.5 Å². The highest BCUT2D eigenvalue weighted by Gasteiger charge is 2.32. The highest BCUT2D eigenvalue weighted by Crippen LogP contribution is 2.21. The first-order valence-corrected chi connectivity index (χ1v) is 9.62. The fourth-order valence-electron chi connectivity index (χ4n) is 3.67. The van der Waals surface area contributed by atoms with Crippen molar-refractivity contribution in [1.82, 2.24) is 20.0 Å². The molecule has 0 aliphatic carbocycles. The molecule has 144 valence electrons. The summed E-state index contributed by atoms with van der Waals surface area (Å²) in [7, 11) is 1.82. The van der Waals surface area contributed by atoms with E-state index in [9.17, 15) is 0 Å². The molecule has 0 spiro atoms. The Hall–Kier alpha value is -2.38. The van der Waals surface area contributed by atoms with Gasteiger partial charge in [0.15, 0.2) is 5.96 Å². The molecule has 1 aromatic carbocycles. The summed E-state index contributed by atoms with van der Waals surface area (Å²) in [6.07, 6.45) is 4.53. The summed E-state index contributed by atoms with van der Waals surface area (Å²) in [5, 5.41) is 8.08. The number of ether oxygens (including phenoxy) is 2. The maximum Gasteiger partial charge on any atom is 0.194 e. The van der Waals surface area contributed by atoms with Gasteiger partial charge < -0.3 is 19.7 Å². The van der Waals surface area contributed by atoms with Gasteiger partial charge in [0.05, 0.1) is 30.6 Å². The summed E-state index contributed by atoms with van der Waals surface area (Å²) < 4.78 is 13.6. The van der Waals surface area contributed by atoms with Crippen LogP contribution in [0, 0.1) is 0 Å². The van der Waals surface area contributed by atoms with E-state index in [1.165, 1.54) is 0 Å². The SMILES string of the molecule is CN=C(NCc1ccn(-c2ccccc2)n1)N1CCOC(C2CCCO2)C1. The highest BCUT2D eigenvalue weighted by atomic mass is 16.5. The lowest BCUT2D eigenvalue weighted by Crippen LogP contribution is -2.53. The summed E-state index contributed by atoms with van der Waals surface area (Å²) in [6.45, 7) is 3.83. The molecule has 0 radical (unpaired) electrons. The van der Waals surface area contributed by atoms with Gasteiger partial charge in [0.1, 0.15) is 6.10 Å². The lowest BCUT2D eigenvalue weighted by Gasteiger charge is -2.37. The number of hydrogen-bond donors (Lipinski definition) is 1. The first-order chi connectivity index (χ1) is 13.3. The molecule has 0 saturated carbocycles. The van der Waals surface area contributed by atoms with E-state index in [2.05, 4.69) is 20.3 Å². The predicted octanol–water partition coefficient (Wildman–Crippen LogP) is 1.83. The molecule has 0 bridgehead atoms. The number of guanidine groups is 1. The Bertz CT molecular complexity index is 755. The number of aliphatic imine (C=N–C) groups is 1. The molecule has 2 aliphatic rings. The summed E-state index contributed by atoms with van der Waals surface area (Å²) in [6, 6.07) is 12.1. The molecule has 7 nitrogen and oxygen atoms in total. The van der Waals surface area contributed by atoms with E-state index in [0.717, 1.165) is 49.9 Å². The van der Waals surface area contributed by atoms with Crippen LogP contribution in [-0.2, 0) is 16.0 Å². The number of para-hydroxylation sites is 1. The molecule has 4 rings (SSSR count). The first kappa shape index (κ1) is 18.0. The summed E-state index contributed by atoms with van der Waals surface area (Å²) in [4.78, 5) is 6.71. The Morgan fingerprint density at radius 2 is 2.04 bits per heavy atom. The molecule has 1 aromatic heterocycles. The third-order valence-electron chi connectivity index (χ3n) is 5.08. The fraction of sp³-hybridized carbons (Fsp3) is 0.500. The van der Waals surface area contributed by atoms with Crippen molar-refractivity contribution in [2.24, 2.45) is 4.99 Å². The molecule has 2 aromatic rings. The van der Waals surface area contributed by atoms with Crippen LogP contribution in [0.2, 0.25) is 0 Å². The van der Waals surface area contributed by atoms with Gasteiger partial charge in [0.2, 0.25) is 0 Å². The van der Waals surface area contributed by atoms with Crippen molar-refractivity contribution in [2.45, 2.75) is 31.6 Å². The van der Waals surface area contributed by atoms with E-state index < -0.39 is 0 Å². The van der Waals surface area contributed by atoms with Gasteiger partial charge in [-0.2, -0.15) is 5.10 Å². The van der Waals surface area contributed by atoms with Crippen LogP contribution in [0.25, 0.3) is 5.69 Å². The molecule has 2 unspecified atom stereocenters. The quantitative estimate of drug-likeness (QED) is 0.658. The number of nitrogens with zero attached hydrogens (tertiary/aromatic N) is 4. The summed E-state index contributed by atoms with van der Waals surface area (Å²) in [5.74, 6) is 0.885. The average Bonchev–Trinajstić information content (AvgIpc) is 3.42. The number of benzene rings is 1. The maximum atomic E-state index is 5.94. The molecule has 3 heterocycles. The smallest absolute Gasteiger partial charge is 0.194 e. The number of nitrogens with one attached hydrogen (secondary N) is 1. The van der Waals surface area contributed by atoms with Crippen LogP contribution in [0.3, 0.4) is 0 Å². The monoisotopic (exact) mass is 369 g/mol. The molecule has 1 N–H and O–H groups in total. The molecule has 2 saturated heterocycles. The summed E-state index contributed by atoms with van der Waals surface area (Å²) >= 11 is 0. The zero-order chi connectivity index (χ0) is 18.5. The van der Waals surface area contributed by atoms with E-state index in [4.69, 9.17) is 9.47 Å². The normalized spacial score (nSPS) is 23.6. The molecule has 2 atom stereocenters. The molecule has 2 aliphatic heterocycles. The second-order valence-corrected chi connectivity index (χ2v) is 6.89. The van der Waals surface area contributed by atoms with Crippen LogP contribution in [0.15, 0.2) is 47.6 Å². The van der Waals surface area contributed by atoms with Crippen molar-refractivity contribution in [3.05, 3.63) is 48.3 Å². The molecule has 0 amide bonds. The highest BCUT2D eigenvalue weighted by molar-refractivity contribution is 5.80. The van der Waals surface area contributed by atoms with Crippen LogP contribution < -0.4 is 5.32 Å². The zero-order valence-corrected chi connectivity index (χ0v) is 15.8. The number of aromatic nitrogens is 2. The maximum absolute atomic E-state index is 5.94. The average molecular weight is 369 g/mol. The van der Waals surface area contributed by atoms with Crippen molar-refractivity contribution in [3.8, 4) is 5.69 Å². The molecule has 7 heteroatoms. The number of hydrogen-bond acceptors (Lipinski definition) is 4. The molecule has 2 fully saturated rings. The first-order valence-electron chi connectivity index (χ1n) is 9.62. The van der Waals surface area contributed by atoms with Crippen molar-refractivity contribution in [3.63, 3.8) is 0 Å². The fourth-order valence-corrected chi connectivity index (χ4v) is 3.67. The summed E-state index contributed by atoms with van der Waals surface area (Å²) in [5.41, 5.74) is 2.03. The van der Waals surface area contributed by atoms with Gasteiger partial charge in [0, 0.05) is 32.9 Å². The van der Waals surface area contributed by atoms with Crippen LogP contribution in [-0.4, -0.2) is 66.2 Å². The number of morpholine rings is 1.